The van der Waals surface area contributed by atoms with E-state index in [4.69, 9.17) is 9.47 Å². The van der Waals surface area contributed by atoms with Crippen LogP contribution >= 0.6 is 0 Å². The monoisotopic (exact) mass is 296 g/mol. The molecule has 1 heterocycles. The minimum atomic E-state index is 0.583. The summed E-state index contributed by atoms with van der Waals surface area (Å²) in [7, 11) is 3.24. The number of anilines is 1. The number of benzene rings is 2. The van der Waals surface area contributed by atoms with Crippen LogP contribution in [0, 0.1) is 0 Å². The first-order chi connectivity index (χ1) is 10.8. The summed E-state index contributed by atoms with van der Waals surface area (Å²) in [6.45, 7) is 0. The van der Waals surface area contributed by atoms with Crippen molar-refractivity contribution >= 4 is 23.2 Å². The number of aromatic nitrogens is 2. The fraction of sp³-hybridized carbons (Fsp3) is 0.125. The quantitative estimate of drug-likeness (QED) is 0.561. The van der Waals surface area contributed by atoms with Gasteiger partial charge in [-0.3, -0.25) is 0 Å². The topological polar surface area (TPSA) is 71.5 Å². The van der Waals surface area contributed by atoms with Crippen molar-refractivity contribution in [2.24, 2.45) is 5.10 Å². The maximum Gasteiger partial charge on any atom is 0.222 e. The molecule has 0 unspecified atom stereocenters. The molecule has 3 rings (SSSR count). The smallest absolute Gasteiger partial charge is 0.222 e. The summed E-state index contributed by atoms with van der Waals surface area (Å²) in [5.74, 6) is 2.04. The number of imidazole rings is 1. The van der Waals surface area contributed by atoms with Crippen molar-refractivity contribution in [1.82, 2.24) is 9.97 Å². The normalized spacial score (nSPS) is 11.0. The maximum atomic E-state index is 5.30. The van der Waals surface area contributed by atoms with Crippen LogP contribution in [0.2, 0.25) is 0 Å². The van der Waals surface area contributed by atoms with E-state index < -0.39 is 0 Å². The molecule has 6 heteroatoms. The molecule has 6 nitrogen and oxygen atoms in total. The van der Waals surface area contributed by atoms with E-state index in [1.165, 1.54) is 0 Å². The Labute approximate surface area is 127 Å². The van der Waals surface area contributed by atoms with E-state index in [9.17, 15) is 0 Å². The number of hydrogen-bond acceptors (Lipinski definition) is 5. The molecule has 22 heavy (non-hydrogen) atoms. The lowest BCUT2D eigenvalue weighted by molar-refractivity contribution is 0.402. The number of H-pyrrole nitrogens is 1. The Morgan fingerprint density at radius 2 is 2.00 bits per heavy atom. The minimum absolute atomic E-state index is 0.583. The Kier molecular flexibility index (Phi) is 3.91. The number of fused-ring (bicyclic) bond motifs is 1. The van der Waals surface area contributed by atoms with Gasteiger partial charge in [-0.15, -0.1) is 0 Å². The number of rotatable bonds is 5. The average Bonchev–Trinajstić information content (AvgIpc) is 2.97. The molecule has 0 radical (unpaired) electrons. The molecule has 2 N–H and O–H groups in total. The highest BCUT2D eigenvalue weighted by atomic mass is 16.5. The predicted molar refractivity (Wildman–Crippen MR) is 86.9 cm³/mol. The van der Waals surface area contributed by atoms with Crippen molar-refractivity contribution in [2.45, 2.75) is 0 Å². The lowest BCUT2D eigenvalue weighted by atomic mass is 10.2. The standard InChI is InChI=1S/C16H16N4O2/c1-21-12-7-8-15(22-2)11(9-12)10-17-20-16-18-13-5-3-4-6-14(13)19-16/h3-10H,1-2H3,(H2,18,19,20)/b17-10-. The van der Waals surface area contributed by atoms with E-state index in [1.807, 2.05) is 42.5 Å². The lowest BCUT2D eigenvalue weighted by Crippen LogP contribution is -1.96. The molecule has 112 valence electrons. The number of hydrogen-bond donors (Lipinski definition) is 2. The Bertz CT molecular complexity index is 778. The third-order valence-corrected chi connectivity index (χ3v) is 3.20. The first kappa shape index (κ1) is 13.9. The zero-order valence-corrected chi connectivity index (χ0v) is 12.3. The van der Waals surface area contributed by atoms with Crippen LogP contribution in [0.3, 0.4) is 0 Å². The van der Waals surface area contributed by atoms with Crippen LogP contribution < -0.4 is 14.9 Å². The van der Waals surface area contributed by atoms with Crippen LogP contribution in [-0.2, 0) is 0 Å². The van der Waals surface area contributed by atoms with Crippen LogP contribution in [0.5, 0.6) is 11.5 Å². The number of aromatic amines is 1. The van der Waals surface area contributed by atoms with Gasteiger partial charge in [-0.2, -0.15) is 5.10 Å². The zero-order chi connectivity index (χ0) is 15.4. The number of para-hydroxylation sites is 2. The molecular weight excluding hydrogens is 280 g/mol. The van der Waals surface area contributed by atoms with Crippen LogP contribution in [0.4, 0.5) is 5.95 Å². The summed E-state index contributed by atoms with van der Waals surface area (Å²) < 4.78 is 10.5. The molecule has 1 aromatic heterocycles. The first-order valence-corrected chi connectivity index (χ1v) is 6.76. The Morgan fingerprint density at radius 1 is 1.14 bits per heavy atom. The van der Waals surface area contributed by atoms with Gasteiger partial charge in [-0.25, -0.2) is 10.4 Å². The molecule has 0 aliphatic carbocycles. The summed E-state index contributed by atoms with van der Waals surface area (Å²) in [5.41, 5.74) is 5.53. The van der Waals surface area contributed by atoms with Crippen molar-refractivity contribution in [1.29, 1.82) is 0 Å². The van der Waals surface area contributed by atoms with Crippen molar-refractivity contribution < 1.29 is 9.47 Å². The van der Waals surface area contributed by atoms with Gasteiger partial charge in [0.25, 0.3) is 0 Å². The van der Waals surface area contributed by atoms with Gasteiger partial charge in [-0.1, -0.05) is 12.1 Å². The summed E-state index contributed by atoms with van der Waals surface area (Å²) >= 11 is 0. The highest BCUT2D eigenvalue weighted by Gasteiger charge is 2.03. The van der Waals surface area contributed by atoms with Crippen LogP contribution in [0.1, 0.15) is 5.56 Å². The molecule has 3 aromatic rings. The van der Waals surface area contributed by atoms with E-state index in [0.717, 1.165) is 28.1 Å². The van der Waals surface area contributed by atoms with E-state index in [0.29, 0.717) is 5.95 Å². The Hall–Kier alpha value is -3.02. The van der Waals surface area contributed by atoms with E-state index >= 15 is 0 Å². The number of methoxy groups -OCH3 is 2. The molecule has 0 aliphatic rings. The molecule has 0 aliphatic heterocycles. The highest BCUT2D eigenvalue weighted by molar-refractivity contribution is 5.85. The van der Waals surface area contributed by atoms with Crippen LogP contribution in [0.15, 0.2) is 47.6 Å². The van der Waals surface area contributed by atoms with E-state index in [-0.39, 0.29) is 0 Å². The van der Waals surface area contributed by atoms with Gasteiger partial charge >= 0.3 is 0 Å². The van der Waals surface area contributed by atoms with Gasteiger partial charge in [0.05, 0.1) is 31.5 Å². The molecule has 0 spiro atoms. The second-order valence-electron chi connectivity index (χ2n) is 4.58. The number of nitrogens with zero attached hydrogens (tertiary/aromatic N) is 2. The second-order valence-corrected chi connectivity index (χ2v) is 4.58. The van der Waals surface area contributed by atoms with E-state index in [2.05, 4.69) is 20.5 Å². The number of nitrogens with one attached hydrogen (secondary N) is 2. The van der Waals surface area contributed by atoms with Gasteiger partial charge < -0.3 is 14.5 Å². The lowest BCUT2D eigenvalue weighted by Gasteiger charge is -2.06. The minimum Gasteiger partial charge on any atom is -0.497 e. The molecule has 0 fully saturated rings. The van der Waals surface area contributed by atoms with Gasteiger partial charge in [0, 0.05) is 5.56 Å². The summed E-state index contributed by atoms with van der Waals surface area (Å²) in [4.78, 5) is 7.52. The maximum absolute atomic E-state index is 5.30. The molecular formula is C16H16N4O2. The van der Waals surface area contributed by atoms with Crippen molar-refractivity contribution in [3.63, 3.8) is 0 Å². The SMILES string of the molecule is COc1ccc(OC)c(/C=N\Nc2nc3ccccc3[nH]2)c1. The average molecular weight is 296 g/mol. The van der Waals surface area contributed by atoms with Gasteiger partial charge in [0.15, 0.2) is 0 Å². The third-order valence-electron chi connectivity index (χ3n) is 3.20. The fourth-order valence-electron chi connectivity index (χ4n) is 2.11. The molecule has 2 aromatic carbocycles. The molecule has 0 saturated carbocycles. The molecule has 0 atom stereocenters. The number of ether oxygens (including phenoxy) is 2. The van der Waals surface area contributed by atoms with E-state index in [1.54, 1.807) is 20.4 Å². The van der Waals surface area contributed by atoms with Gasteiger partial charge in [-0.05, 0) is 30.3 Å². The number of hydrazone groups is 1. The van der Waals surface area contributed by atoms with Gasteiger partial charge in [0.2, 0.25) is 5.95 Å². The molecule has 0 bridgehead atoms. The predicted octanol–water partition coefficient (Wildman–Crippen LogP) is 3.03. The van der Waals surface area contributed by atoms with Crippen molar-refractivity contribution in [3.05, 3.63) is 48.0 Å². The fourth-order valence-corrected chi connectivity index (χ4v) is 2.11. The van der Waals surface area contributed by atoms with Crippen LogP contribution in [0.25, 0.3) is 11.0 Å². The Morgan fingerprint density at radius 3 is 2.77 bits per heavy atom. The van der Waals surface area contributed by atoms with Gasteiger partial charge in [0.1, 0.15) is 11.5 Å². The second kappa shape index (κ2) is 6.17. The largest absolute Gasteiger partial charge is 0.497 e. The summed E-state index contributed by atoms with van der Waals surface area (Å²) in [5, 5.41) is 4.19. The van der Waals surface area contributed by atoms with Crippen molar-refractivity contribution in [2.75, 3.05) is 19.6 Å². The summed E-state index contributed by atoms with van der Waals surface area (Å²) in [6, 6.07) is 13.3. The van der Waals surface area contributed by atoms with Crippen molar-refractivity contribution in [3.8, 4) is 11.5 Å². The molecule has 0 saturated heterocycles. The zero-order valence-electron chi connectivity index (χ0n) is 12.3. The first-order valence-electron chi connectivity index (χ1n) is 6.76. The molecule has 0 amide bonds. The Balaban J connectivity index is 1.79. The highest BCUT2D eigenvalue weighted by Crippen LogP contribution is 2.22. The van der Waals surface area contributed by atoms with Crippen LogP contribution in [-0.4, -0.2) is 30.4 Å². The summed E-state index contributed by atoms with van der Waals surface area (Å²) in [6.07, 6.45) is 1.66. The third kappa shape index (κ3) is 2.85.